The number of alkyl halides is 3. The van der Waals surface area contributed by atoms with Crippen molar-refractivity contribution in [3.8, 4) is 23.0 Å². The van der Waals surface area contributed by atoms with Crippen molar-refractivity contribution in [3.05, 3.63) is 48.5 Å². The van der Waals surface area contributed by atoms with Gasteiger partial charge in [0.2, 0.25) is 0 Å². The zero-order chi connectivity index (χ0) is 34.7. The van der Waals surface area contributed by atoms with Gasteiger partial charge in [0.25, 0.3) is 5.91 Å². The fraction of sp³-hybridized carbons (Fsp3) is 0.618. The molecule has 1 aliphatic rings. The number of halogens is 3. The lowest BCUT2D eigenvalue weighted by molar-refractivity contribution is -0.140. The van der Waals surface area contributed by atoms with E-state index in [-0.39, 0.29) is 39.6 Å². The first kappa shape index (κ1) is 39.2. The van der Waals surface area contributed by atoms with Gasteiger partial charge < -0.3 is 28.4 Å². The summed E-state index contributed by atoms with van der Waals surface area (Å²) >= 11 is 0. The average Bonchev–Trinajstić information content (AvgIpc) is 3.05. The summed E-state index contributed by atoms with van der Waals surface area (Å²) in [6.07, 6.45) is 11.0. The summed E-state index contributed by atoms with van der Waals surface area (Å²) in [6.45, 7) is 1.85. The molecule has 0 saturated heterocycles. The van der Waals surface area contributed by atoms with Gasteiger partial charge in [0, 0.05) is 0 Å². The van der Waals surface area contributed by atoms with Gasteiger partial charge in [0.05, 0.1) is 13.2 Å². The van der Waals surface area contributed by atoms with Crippen LogP contribution < -0.4 is 23.7 Å². The number of nitrogens with one attached hydrogen (secondary N) is 1. The van der Waals surface area contributed by atoms with E-state index in [1.807, 2.05) is 0 Å². The summed E-state index contributed by atoms with van der Waals surface area (Å²) in [5.41, 5.74) is -7.05. The second-order valence-corrected chi connectivity index (χ2v) is 13.3. The number of unbranched alkanes of at least 4 members (excludes halogenated alkanes) is 9. The molecule has 0 radical (unpaired) electrons. The van der Waals surface area contributed by atoms with E-state index in [2.05, 4.69) is 6.92 Å². The molecule has 3 rings (SSSR count). The fourth-order valence-electron chi connectivity index (χ4n) is 5.05. The summed E-state index contributed by atoms with van der Waals surface area (Å²) < 4.78 is 98.9. The zero-order valence-corrected chi connectivity index (χ0v) is 28.4. The van der Waals surface area contributed by atoms with Crippen LogP contribution in [0.3, 0.4) is 0 Å². The van der Waals surface area contributed by atoms with E-state index < -0.39 is 33.6 Å². The minimum Gasteiger partial charge on any atom is -0.487 e. The van der Waals surface area contributed by atoms with E-state index in [9.17, 15) is 26.4 Å². The molecule has 0 atom stereocenters. The van der Waals surface area contributed by atoms with Gasteiger partial charge >= 0.3 is 15.5 Å². The van der Waals surface area contributed by atoms with Gasteiger partial charge in [-0.2, -0.15) is 21.6 Å². The third-order valence-corrected chi connectivity index (χ3v) is 8.80. The molecule has 10 nitrogen and oxygen atoms in total. The molecule has 1 N–H and O–H groups in total. The molecular weight excluding hydrogens is 655 g/mol. The molecule has 2 aromatic rings. The lowest BCUT2D eigenvalue weighted by Crippen LogP contribution is -2.48. The number of carbonyl (C=O) groups is 1. The molecule has 0 unspecified atom stereocenters. The predicted octanol–water partition coefficient (Wildman–Crippen LogP) is 6.96. The number of amides is 1. The first-order valence-electron chi connectivity index (χ1n) is 16.6. The van der Waals surface area contributed by atoms with Gasteiger partial charge in [-0.25, -0.2) is 4.72 Å². The number of benzene rings is 2. The van der Waals surface area contributed by atoms with Crippen molar-refractivity contribution in [2.45, 2.75) is 88.7 Å². The zero-order valence-electron chi connectivity index (χ0n) is 27.6. The van der Waals surface area contributed by atoms with Crippen molar-refractivity contribution in [3.63, 3.8) is 0 Å². The summed E-state index contributed by atoms with van der Waals surface area (Å²) in [7, 11) is -5.92. The number of ether oxygens (including phenoxy) is 6. The highest BCUT2D eigenvalue weighted by Crippen LogP contribution is 2.32. The smallest absolute Gasteiger partial charge is 0.487 e. The van der Waals surface area contributed by atoms with Gasteiger partial charge in [-0.1, -0.05) is 95.4 Å². The van der Waals surface area contributed by atoms with Crippen LogP contribution in [0, 0.1) is 0 Å². The summed E-state index contributed by atoms with van der Waals surface area (Å²) in [6, 6.07) is 13.9. The number of fused-ring (bicyclic) bond motifs is 2. The normalized spacial score (nSPS) is 15.8. The van der Waals surface area contributed by atoms with Crippen LogP contribution in [0.5, 0.6) is 23.0 Å². The van der Waals surface area contributed by atoms with E-state index in [0.717, 1.165) is 30.4 Å². The van der Waals surface area contributed by atoms with Gasteiger partial charge in [0.15, 0.2) is 23.0 Å². The Morgan fingerprint density at radius 2 is 1.17 bits per heavy atom. The van der Waals surface area contributed by atoms with Crippen molar-refractivity contribution < 1.29 is 54.8 Å². The third kappa shape index (κ3) is 13.7. The van der Waals surface area contributed by atoms with Crippen molar-refractivity contribution >= 4 is 15.9 Å². The van der Waals surface area contributed by atoms with Crippen molar-refractivity contribution in [2.75, 3.05) is 46.2 Å². The van der Waals surface area contributed by atoms with Crippen LogP contribution in [0.15, 0.2) is 48.5 Å². The maximum atomic E-state index is 13.0. The Kier molecular flexibility index (Phi) is 16.6. The van der Waals surface area contributed by atoms with Gasteiger partial charge in [-0.05, 0) is 30.7 Å². The van der Waals surface area contributed by atoms with E-state index in [4.69, 9.17) is 28.4 Å². The number of para-hydroxylation sites is 4. The van der Waals surface area contributed by atoms with Crippen molar-refractivity contribution in [2.24, 2.45) is 0 Å². The summed E-state index contributed by atoms with van der Waals surface area (Å²) in [4.78, 5) is 12.5. The van der Waals surface area contributed by atoms with Crippen LogP contribution >= 0.6 is 0 Å². The topological polar surface area (TPSA) is 119 Å². The monoisotopic (exact) mass is 703 g/mol. The quantitative estimate of drug-likeness (QED) is 0.196. The number of rotatable bonds is 15. The maximum Gasteiger partial charge on any atom is 0.516 e. The lowest BCUT2D eigenvalue weighted by atomic mass is 9.96. The SMILES string of the molecule is CCCCCCCCCCCCC1(OCC(=O)NS(=O)(=O)C(F)(F)F)COc2ccccc2OCCOCCOc2ccccc2OC1. The van der Waals surface area contributed by atoms with Gasteiger partial charge in [0.1, 0.15) is 38.6 Å². The van der Waals surface area contributed by atoms with E-state index >= 15 is 0 Å². The average molecular weight is 704 g/mol. The molecule has 0 bridgehead atoms. The minimum absolute atomic E-state index is 0.191. The summed E-state index contributed by atoms with van der Waals surface area (Å²) in [5, 5.41) is 0. The van der Waals surface area contributed by atoms with Crippen molar-refractivity contribution in [1.29, 1.82) is 0 Å². The highest BCUT2D eigenvalue weighted by atomic mass is 32.2. The van der Waals surface area contributed by atoms with Crippen LogP contribution in [0.25, 0.3) is 0 Å². The Hall–Kier alpha value is -3.23. The third-order valence-electron chi connectivity index (χ3n) is 7.70. The molecule has 0 fully saturated rings. The van der Waals surface area contributed by atoms with E-state index in [0.29, 0.717) is 35.8 Å². The predicted molar refractivity (Wildman–Crippen MR) is 174 cm³/mol. The molecule has 1 aliphatic heterocycles. The highest BCUT2D eigenvalue weighted by Gasteiger charge is 2.47. The maximum absolute atomic E-state index is 13.0. The number of hydrogen-bond donors (Lipinski definition) is 1. The highest BCUT2D eigenvalue weighted by molar-refractivity contribution is 7.90. The second kappa shape index (κ2) is 20.3. The van der Waals surface area contributed by atoms with Crippen LogP contribution in [-0.4, -0.2) is 71.7 Å². The molecule has 0 aromatic heterocycles. The second-order valence-electron chi connectivity index (χ2n) is 11.7. The first-order chi connectivity index (χ1) is 23.1. The molecule has 1 amide bonds. The fourth-order valence-corrected chi connectivity index (χ4v) is 5.53. The molecule has 270 valence electrons. The molecule has 0 saturated carbocycles. The summed E-state index contributed by atoms with van der Waals surface area (Å²) in [5.74, 6) is 0.117. The van der Waals surface area contributed by atoms with Gasteiger partial charge in [-0.15, -0.1) is 0 Å². The molecule has 0 aliphatic carbocycles. The standard InChI is InChI=1S/C34H48F3NO9S/c1-2-3-4-5-6-7-8-9-10-15-20-33(47-25-32(39)38-48(40,41)34(35,36)37)26-45-30-18-13-11-16-28(30)43-23-21-42-22-24-44-29-17-12-14-19-31(29)46-27-33/h11-14,16-19H,2-10,15,20-27H2,1H3,(H,38,39). The molecule has 48 heavy (non-hydrogen) atoms. The Morgan fingerprint density at radius 3 is 1.62 bits per heavy atom. The van der Waals surface area contributed by atoms with Gasteiger partial charge in [-0.3, -0.25) is 4.79 Å². The number of hydrogen-bond acceptors (Lipinski definition) is 9. The molecule has 14 heteroatoms. The van der Waals surface area contributed by atoms with Crippen LogP contribution in [0.2, 0.25) is 0 Å². The Balaban J connectivity index is 1.83. The van der Waals surface area contributed by atoms with Crippen molar-refractivity contribution in [1.82, 2.24) is 4.72 Å². The first-order valence-corrected chi connectivity index (χ1v) is 18.1. The number of sulfonamides is 1. The number of carbonyl (C=O) groups excluding carboxylic acids is 1. The van der Waals surface area contributed by atoms with Crippen LogP contribution in [0.4, 0.5) is 13.2 Å². The minimum atomic E-state index is -5.92. The Labute approximate surface area is 281 Å². The molecular formula is C34H48F3NO9S. The van der Waals surface area contributed by atoms with Crippen LogP contribution in [0.1, 0.15) is 77.6 Å². The Morgan fingerprint density at radius 1 is 0.729 bits per heavy atom. The molecule has 0 spiro atoms. The molecule has 1 heterocycles. The lowest BCUT2D eigenvalue weighted by Gasteiger charge is -2.34. The van der Waals surface area contributed by atoms with Crippen LogP contribution in [-0.2, 0) is 24.3 Å². The molecule has 2 aromatic carbocycles. The van der Waals surface area contributed by atoms with E-state index in [1.165, 1.54) is 32.1 Å². The Bertz CT molecular complexity index is 1290. The largest absolute Gasteiger partial charge is 0.516 e. The van der Waals surface area contributed by atoms with E-state index in [1.54, 1.807) is 48.5 Å².